The molecule has 3 nitrogen and oxygen atoms in total. The maximum Gasteiger partial charge on any atom is 0.237 e. The number of carbonyl (C=O) groups excluding carboxylic acids is 1. The van der Waals surface area contributed by atoms with E-state index in [9.17, 15) is 4.79 Å². The van der Waals surface area contributed by atoms with E-state index in [1.165, 1.54) is 5.56 Å². The zero-order valence-electron chi connectivity index (χ0n) is 18.1. The van der Waals surface area contributed by atoms with Crippen molar-refractivity contribution in [2.24, 2.45) is 11.3 Å². The van der Waals surface area contributed by atoms with Crippen molar-refractivity contribution in [3.8, 4) is 5.75 Å². The van der Waals surface area contributed by atoms with Gasteiger partial charge in [0.15, 0.2) is 5.60 Å². The number of allylic oxidation sites excluding steroid dienone is 1. The smallest absolute Gasteiger partial charge is 0.237 e. The number of rotatable bonds is 3. The molecule has 0 radical (unpaired) electrons. The molecule has 2 aliphatic heterocycles. The first-order valence-electron chi connectivity index (χ1n) is 11.0. The van der Waals surface area contributed by atoms with Crippen LogP contribution in [0, 0.1) is 11.3 Å². The Morgan fingerprint density at radius 2 is 1.62 bits per heavy atom. The third kappa shape index (κ3) is 2.23. The Labute approximate surface area is 196 Å². The molecule has 3 aromatic carbocycles. The van der Waals surface area contributed by atoms with Gasteiger partial charge in [-0.3, -0.25) is 4.79 Å². The molecule has 2 heterocycles. The van der Waals surface area contributed by atoms with Gasteiger partial charge in [0.25, 0.3) is 0 Å². The Morgan fingerprint density at radius 1 is 0.938 bits per heavy atom. The largest absolute Gasteiger partial charge is 0.483 e. The van der Waals surface area contributed by atoms with E-state index in [0.29, 0.717) is 6.54 Å². The summed E-state index contributed by atoms with van der Waals surface area (Å²) in [6.07, 6.45) is 4.39. The Kier molecular flexibility index (Phi) is 4.07. The van der Waals surface area contributed by atoms with Crippen LogP contribution in [0.2, 0.25) is 0 Å². The molecule has 0 N–H and O–H groups in total. The number of halogens is 1. The molecule has 32 heavy (non-hydrogen) atoms. The quantitative estimate of drug-likeness (QED) is 0.439. The predicted molar refractivity (Wildman–Crippen MR) is 131 cm³/mol. The van der Waals surface area contributed by atoms with E-state index in [4.69, 9.17) is 4.74 Å². The molecule has 4 heteroatoms. The minimum absolute atomic E-state index is 0.0202. The van der Waals surface area contributed by atoms with Crippen LogP contribution in [0.5, 0.6) is 5.75 Å². The zero-order chi connectivity index (χ0) is 22.1. The number of benzene rings is 3. The number of amides is 1. The fraction of sp³-hybridized carbons (Fsp3) is 0.250. The highest BCUT2D eigenvalue weighted by atomic mass is 79.9. The van der Waals surface area contributed by atoms with E-state index < -0.39 is 11.0 Å². The van der Waals surface area contributed by atoms with Crippen molar-refractivity contribution < 1.29 is 9.53 Å². The molecule has 0 unspecified atom stereocenters. The summed E-state index contributed by atoms with van der Waals surface area (Å²) in [6, 6.07) is 26.6. The van der Waals surface area contributed by atoms with Crippen LogP contribution in [0.4, 0.5) is 5.69 Å². The molecule has 0 bridgehead atoms. The van der Waals surface area contributed by atoms with E-state index in [1.807, 2.05) is 59.5 Å². The highest BCUT2D eigenvalue weighted by Crippen LogP contribution is 2.76. The normalized spacial score (nSPS) is 32.3. The minimum Gasteiger partial charge on any atom is -0.483 e. The third-order valence-electron chi connectivity index (χ3n) is 8.14. The van der Waals surface area contributed by atoms with Crippen molar-refractivity contribution in [3.63, 3.8) is 0 Å². The van der Waals surface area contributed by atoms with Gasteiger partial charge in [0.2, 0.25) is 5.91 Å². The molecule has 1 saturated heterocycles. The van der Waals surface area contributed by atoms with E-state index in [2.05, 4.69) is 66.2 Å². The van der Waals surface area contributed by atoms with Gasteiger partial charge < -0.3 is 9.64 Å². The Hall–Kier alpha value is -2.85. The maximum atomic E-state index is 14.0. The van der Waals surface area contributed by atoms with Crippen LogP contribution in [0.1, 0.15) is 25.0 Å². The van der Waals surface area contributed by atoms with Crippen molar-refractivity contribution in [2.75, 3.05) is 11.4 Å². The SMILES string of the molecule is C[C@]12C(=O)N(c3ccc(Br)cc3)C[C@]13Oc1ccccc1[C@]3(C)[C@@H]2/C=C/c1ccccc1. The monoisotopic (exact) mass is 485 g/mol. The van der Waals surface area contributed by atoms with Crippen molar-refractivity contribution in [2.45, 2.75) is 24.9 Å². The first-order valence-corrected chi connectivity index (χ1v) is 11.8. The molecular weight excluding hydrogens is 462 g/mol. The van der Waals surface area contributed by atoms with Crippen LogP contribution >= 0.6 is 15.9 Å². The molecule has 1 aliphatic carbocycles. The lowest BCUT2D eigenvalue weighted by molar-refractivity contribution is -0.193. The lowest BCUT2D eigenvalue weighted by Crippen LogP contribution is -2.77. The number of hydrogen-bond acceptors (Lipinski definition) is 2. The predicted octanol–water partition coefficient (Wildman–Crippen LogP) is 6.23. The topological polar surface area (TPSA) is 29.5 Å². The van der Waals surface area contributed by atoms with Gasteiger partial charge in [0, 0.05) is 27.1 Å². The van der Waals surface area contributed by atoms with Crippen molar-refractivity contribution in [1.82, 2.24) is 0 Å². The van der Waals surface area contributed by atoms with Crippen LogP contribution in [0.25, 0.3) is 6.08 Å². The van der Waals surface area contributed by atoms with Crippen LogP contribution in [-0.4, -0.2) is 18.1 Å². The molecule has 0 aromatic heterocycles. The third-order valence-corrected chi connectivity index (χ3v) is 8.67. The van der Waals surface area contributed by atoms with E-state index in [1.54, 1.807) is 0 Å². The number of fused-ring (bicyclic) bond motifs is 2. The second kappa shape index (κ2) is 6.58. The van der Waals surface area contributed by atoms with Gasteiger partial charge in [-0.15, -0.1) is 0 Å². The van der Waals surface area contributed by atoms with Gasteiger partial charge in [-0.25, -0.2) is 0 Å². The molecule has 1 spiro atoms. The van der Waals surface area contributed by atoms with Gasteiger partial charge in [-0.1, -0.05) is 83.5 Å². The summed E-state index contributed by atoms with van der Waals surface area (Å²) in [5.41, 5.74) is 1.71. The van der Waals surface area contributed by atoms with Gasteiger partial charge in [0.1, 0.15) is 5.75 Å². The Morgan fingerprint density at radius 3 is 2.38 bits per heavy atom. The Bertz CT molecular complexity index is 1250. The number of para-hydroxylation sites is 1. The summed E-state index contributed by atoms with van der Waals surface area (Å²) < 4.78 is 7.74. The van der Waals surface area contributed by atoms with Gasteiger partial charge in [-0.05, 0) is 42.8 Å². The standard InChI is InChI=1S/C28H24BrNO2/c1-26-22-10-6-7-11-23(22)32-28(26)18-30(21-15-13-20(29)14-16-21)25(31)27(28,2)24(26)17-12-19-8-4-3-5-9-19/h3-17,24H,18H2,1-2H3/b17-12+/t24-,26+,27-,28+/m0/s1. The van der Waals surface area contributed by atoms with Gasteiger partial charge >= 0.3 is 0 Å². The second-order valence-electron chi connectivity index (χ2n) is 9.45. The number of ether oxygens (including phenoxy) is 1. The van der Waals surface area contributed by atoms with Crippen LogP contribution in [0.3, 0.4) is 0 Å². The zero-order valence-corrected chi connectivity index (χ0v) is 19.7. The van der Waals surface area contributed by atoms with E-state index in [-0.39, 0.29) is 17.2 Å². The number of hydrogen-bond donors (Lipinski definition) is 0. The van der Waals surface area contributed by atoms with Crippen molar-refractivity contribution >= 4 is 33.6 Å². The lowest BCUT2D eigenvalue weighted by atomic mass is 9.37. The highest BCUT2D eigenvalue weighted by Gasteiger charge is 2.86. The van der Waals surface area contributed by atoms with E-state index in [0.717, 1.165) is 21.5 Å². The summed E-state index contributed by atoms with van der Waals surface area (Å²) in [5.74, 6) is 1.06. The number of anilines is 1. The summed E-state index contributed by atoms with van der Waals surface area (Å²) in [5, 5.41) is 0. The molecule has 6 rings (SSSR count). The molecule has 3 aliphatic rings. The number of nitrogens with zero attached hydrogens (tertiary/aromatic N) is 1. The van der Waals surface area contributed by atoms with Gasteiger partial charge in [-0.2, -0.15) is 0 Å². The first-order chi connectivity index (χ1) is 15.4. The molecule has 1 saturated carbocycles. The van der Waals surface area contributed by atoms with Gasteiger partial charge in [0.05, 0.1) is 12.0 Å². The molecule has 160 valence electrons. The molecule has 4 atom stereocenters. The summed E-state index contributed by atoms with van der Waals surface area (Å²) in [4.78, 5) is 16.0. The van der Waals surface area contributed by atoms with Crippen LogP contribution < -0.4 is 9.64 Å². The molecular formula is C28H24BrNO2. The highest BCUT2D eigenvalue weighted by molar-refractivity contribution is 9.10. The number of carbonyl (C=O) groups is 1. The minimum atomic E-state index is -0.654. The summed E-state index contributed by atoms with van der Waals surface area (Å²) in [7, 11) is 0. The van der Waals surface area contributed by atoms with Crippen LogP contribution in [0.15, 0.2) is 89.4 Å². The fourth-order valence-electron chi connectivity index (χ4n) is 6.54. The molecule has 2 fully saturated rings. The molecule has 3 aromatic rings. The summed E-state index contributed by atoms with van der Waals surface area (Å²) >= 11 is 3.50. The van der Waals surface area contributed by atoms with Crippen LogP contribution in [-0.2, 0) is 10.2 Å². The van der Waals surface area contributed by atoms with Crippen molar-refractivity contribution in [3.05, 3.63) is 101 Å². The first kappa shape index (κ1) is 19.8. The average molecular weight is 486 g/mol. The lowest BCUT2D eigenvalue weighted by Gasteiger charge is -2.64. The van der Waals surface area contributed by atoms with Crippen molar-refractivity contribution in [1.29, 1.82) is 0 Å². The molecule has 1 amide bonds. The maximum absolute atomic E-state index is 14.0. The Balaban J connectivity index is 1.49. The fourth-order valence-corrected chi connectivity index (χ4v) is 6.80. The van der Waals surface area contributed by atoms with E-state index >= 15 is 0 Å². The second-order valence-corrected chi connectivity index (χ2v) is 10.4. The summed E-state index contributed by atoms with van der Waals surface area (Å²) in [6.45, 7) is 4.92. The average Bonchev–Trinajstić information content (AvgIpc) is 3.16.